The van der Waals surface area contributed by atoms with Crippen LogP contribution in [0.5, 0.6) is 0 Å². The predicted octanol–water partition coefficient (Wildman–Crippen LogP) is 30.6. The van der Waals surface area contributed by atoms with Crippen LogP contribution >= 0.6 is 0 Å². The molecule has 14 aromatic rings. The summed E-state index contributed by atoms with van der Waals surface area (Å²) in [5, 5.41) is 5.31. The monoisotopic (exact) mass is 1440 g/mol. The third-order valence-electron chi connectivity index (χ3n) is 19.9. The summed E-state index contributed by atoms with van der Waals surface area (Å²) >= 11 is 0. The van der Waals surface area contributed by atoms with Gasteiger partial charge in [-0.25, -0.2) is 0 Å². The van der Waals surface area contributed by atoms with E-state index in [0.29, 0.717) is 27.7 Å². The molecule has 0 saturated heterocycles. The number of nitrogens with zero attached hydrogens (tertiary/aromatic N) is 2. The fourth-order valence-electron chi connectivity index (χ4n) is 13.3. The van der Waals surface area contributed by atoms with Crippen LogP contribution in [0.4, 0.5) is 0 Å². The van der Waals surface area contributed by atoms with Crippen molar-refractivity contribution in [2.45, 2.75) is 223 Å². The minimum atomic E-state index is -0.331. The number of benzene rings is 12. The van der Waals surface area contributed by atoms with Gasteiger partial charge in [0, 0.05) is 32.9 Å². The highest BCUT2D eigenvalue weighted by atomic mass is 15.0. The van der Waals surface area contributed by atoms with Crippen molar-refractivity contribution in [1.29, 1.82) is 0 Å². The van der Waals surface area contributed by atoms with Crippen LogP contribution in [0.2, 0.25) is 0 Å². The zero-order valence-corrected chi connectivity index (χ0v) is 70.0. The molecule has 0 amide bonds. The fourth-order valence-corrected chi connectivity index (χ4v) is 13.3. The molecule has 14 rings (SSSR count). The smallest absolute Gasteiger partial charge is 0.0629 e. The Bertz CT molecular complexity index is 5560. The quantitative estimate of drug-likeness (QED) is 0.166. The first-order valence-electron chi connectivity index (χ1n) is 42.6. The molecule has 0 aliphatic heterocycles. The second-order valence-electron chi connectivity index (χ2n) is 37.1. The van der Waals surface area contributed by atoms with Crippen LogP contribution in [0.1, 0.15) is 233 Å². The maximum atomic E-state index is 8.10. The van der Waals surface area contributed by atoms with Gasteiger partial charge in [-0.1, -0.05) is 414 Å². The molecule has 0 bridgehead atoms. The molecule has 0 aliphatic carbocycles. The molecule has 0 fully saturated rings. The molecule has 2 heteroatoms. The van der Waals surface area contributed by atoms with Crippen molar-refractivity contribution in [1.82, 2.24) is 9.13 Å². The minimum absolute atomic E-state index is 0.00185. The molecule has 0 atom stereocenters. The van der Waals surface area contributed by atoms with E-state index in [-0.39, 0.29) is 86.2 Å². The summed E-state index contributed by atoms with van der Waals surface area (Å²) in [6.07, 6.45) is 0. The molecule has 2 aromatic heterocycles. The Balaban J connectivity index is 0.000000164. The van der Waals surface area contributed by atoms with Crippen LogP contribution in [0.25, 0.3) is 77.2 Å². The van der Waals surface area contributed by atoms with E-state index in [2.05, 4.69) is 367 Å². The van der Waals surface area contributed by atoms with Crippen LogP contribution < -0.4 is 0 Å². The van der Waals surface area contributed by atoms with Crippen LogP contribution in [0, 0.1) is 13.8 Å². The molecule has 2 nitrogen and oxygen atoms in total. The van der Waals surface area contributed by atoms with Gasteiger partial charge in [0.15, 0.2) is 0 Å². The van der Waals surface area contributed by atoms with Gasteiger partial charge in [0.25, 0.3) is 0 Å². The largest absolute Gasteiger partial charge is 0.309 e. The summed E-state index contributed by atoms with van der Waals surface area (Å²) in [6.45, 7) is 56.5. The first-order valence-corrected chi connectivity index (χ1v) is 38.6. The van der Waals surface area contributed by atoms with Gasteiger partial charge in [-0.15, -0.1) is 0 Å². The maximum Gasteiger partial charge on any atom is 0.0629 e. The highest BCUT2D eigenvalue weighted by Crippen LogP contribution is 2.42. The van der Waals surface area contributed by atoms with E-state index < -0.39 is 0 Å². The Kier molecular flexibility index (Phi) is 22.0. The van der Waals surface area contributed by atoms with Crippen molar-refractivity contribution in [3.63, 3.8) is 0 Å². The van der Waals surface area contributed by atoms with Crippen molar-refractivity contribution < 1.29 is 11.0 Å². The molecule has 108 heavy (non-hydrogen) atoms. The summed E-state index contributed by atoms with van der Waals surface area (Å²) in [7, 11) is 0. The average Bonchev–Trinajstić information content (AvgIpc) is 1.61. The predicted molar refractivity (Wildman–Crippen MR) is 477 cm³/mol. The molecule has 560 valence electrons. The van der Waals surface area contributed by atoms with Crippen molar-refractivity contribution in [3.8, 4) is 33.6 Å². The van der Waals surface area contributed by atoms with Crippen molar-refractivity contribution in [2.75, 3.05) is 0 Å². The average molecular weight is 1440 g/mol. The van der Waals surface area contributed by atoms with E-state index in [1.54, 1.807) is 13.8 Å². The van der Waals surface area contributed by atoms with Gasteiger partial charge >= 0.3 is 0 Å². The summed E-state index contributed by atoms with van der Waals surface area (Å²) in [5.74, 6) is 0. The van der Waals surface area contributed by atoms with Crippen molar-refractivity contribution in [2.24, 2.45) is 0 Å². The molecule has 0 N–H and O–H groups in total. The van der Waals surface area contributed by atoms with E-state index in [1.807, 2.05) is 51.1 Å². The molecule has 0 saturated carbocycles. The van der Waals surface area contributed by atoms with Gasteiger partial charge in [0.2, 0.25) is 0 Å². The summed E-state index contributed by atoms with van der Waals surface area (Å²) in [4.78, 5) is 0. The topological polar surface area (TPSA) is 9.86 Å². The number of hydrogen-bond acceptors (Lipinski definition) is 0. The fraction of sp³-hybridized carbons (Fsp3) is 0.321. The number of para-hydroxylation sites is 4. The number of fused-ring (bicyclic) bond motifs is 6. The Morgan fingerprint density at radius 3 is 0.963 bits per heavy atom. The third kappa shape index (κ3) is 20.7. The molecule has 0 spiro atoms. The van der Waals surface area contributed by atoms with Gasteiger partial charge in [-0.05, 0) is 178 Å². The summed E-state index contributed by atoms with van der Waals surface area (Å²) in [5.41, 5.74) is 23.4. The van der Waals surface area contributed by atoms with E-state index in [4.69, 9.17) is 11.0 Å². The Morgan fingerprint density at radius 1 is 0.241 bits per heavy atom. The lowest BCUT2D eigenvalue weighted by molar-refractivity contribution is 0.587. The van der Waals surface area contributed by atoms with E-state index in [0.717, 1.165) is 5.56 Å². The van der Waals surface area contributed by atoms with Gasteiger partial charge in [0.1, 0.15) is 0 Å². The normalized spacial score (nSPS) is 13.2. The second kappa shape index (κ2) is 33.4. The lowest BCUT2D eigenvalue weighted by atomic mass is 9.85. The van der Waals surface area contributed by atoms with Crippen LogP contribution in [0.15, 0.2) is 291 Å². The third-order valence-corrected chi connectivity index (χ3v) is 19.9. The Morgan fingerprint density at radius 2 is 0.565 bits per heavy atom. The standard InChI is InChI=1S/C30H37N.C22H21N.C17H20.C16H18.C11H16.C10H14/c1-28(2,3)20-14-16-25-22(18-20)23-19-21(29(4,5)6)15-17-26(23)31(25)27-13-11-10-12-24(27)30(7,8)9;1-22(2,3)18-12-6-9-15-21(18)23-19-13-7-4-10-16(19)17-11-5-8-14-20(17)23;1-13-7-5-6-8-16(13)14-9-11-15(12-10-14)17(2,3)4;1-16(2,3)15-11-9-14(10-12-15)13-7-5-4-6-8-13;1-9-6-5-7-10(8-9)11(2,3)4;1-10(2,3)9-7-5-4-6-8-9/h10-19H,1-9H3;4-15H,1-3H3;5-12H,1-4H3;4-12H,1-3H3;5-8H,1-4H3;4-8H,1-3H3/i;;5D,6D,7D,8D;;5D,6D,7D,8D;. The van der Waals surface area contributed by atoms with Gasteiger partial charge in [0.05, 0.1) is 33.0 Å². The molecule has 12 aromatic carbocycles. The first kappa shape index (κ1) is 71.2. The number of rotatable bonds is 4. The van der Waals surface area contributed by atoms with E-state index in [1.165, 1.54) is 105 Å². The van der Waals surface area contributed by atoms with Gasteiger partial charge in [-0.2, -0.15) is 0 Å². The maximum absolute atomic E-state index is 8.10. The minimum Gasteiger partial charge on any atom is -0.309 e. The lowest BCUT2D eigenvalue weighted by Gasteiger charge is -2.24. The molecule has 0 unspecified atom stereocenters. The number of aromatic nitrogens is 2. The van der Waals surface area contributed by atoms with E-state index >= 15 is 0 Å². The van der Waals surface area contributed by atoms with Crippen molar-refractivity contribution in [3.05, 3.63) is 347 Å². The first-order chi connectivity index (χ1) is 53.8. The molecular formula is C106H126N2. The molecule has 0 radical (unpaired) electrons. The summed E-state index contributed by atoms with van der Waals surface area (Å²) in [6, 6.07) is 86.8. The zero-order chi connectivity index (χ0) is 85.9. The van der Waals surface area contributed by atoms with Gasteiger partial charge < -0.3 is 9.13 Å². The lowest BCUT2D eigenvalue weighted by Crippen LogP contribution is -2.15. The second-order valence-corrected chi connectivity index (χ2v) is 37.1. The SMILES string of the molecule is CC(C)(C)c1ccc(-c2ccccc2)cc1.CC(C)(C)c1ccc2c(c1)c1cc(C(C)(C)C)ccc1n2-c1ccccc1C(C)(C)C.CC(C)(C)c1ccccc1.CC(C)(C)c1ccccc1-n1c2ccccc2c2ccccc21.[2H]c1c([2H])c(C)c([2H])c(C(C)(C)C)c1[2H].[2H]c1c([2H])c([2H])c(-c2ccc(C(C)(C)C)cc2)c(C)c1[2H]. The molecule has 0 aliphatic rings. The van der Waals surface area contributed by atoms with Crippen LogP contribution in [-0.4, -0.2) is 9.13 Å². The van der Waals surface area contributed by atoms with E-state index in [9.17, 15) is 0 Å². The van der Waals surface area contributed by atoms with Gasteiger partial charge in [-0.3, -0.25) is 0 Å². The highest BCUT2D eigenvalue weighted by Gasteiger charge is 2.26. The van der Waals surface area contributed by atoms with Crippen LogP contribution in [-0.2, 0) is 43.3 Å². The molecule has 2 heterocycles. The summed E-state index contributed by atoms with van der Waals surface area (Å²) < 4.78 is 67.4. The zero-order valence-electron chi connectivity index (χ0n) is 78.0. The highest BCUT2D eigenvalue weighted by molar-refractivity contribution is 6.11. The molecular weight excluding hydrogens is 1300 g/mol. The van der Waals surface area contributed by atoms with Crippen LogP contribution in [0.3, 0.4) is 0 Å². The Hall–Kier alpha value is -9.76. The Labute approximate surface area is 663 Å². The van der Waals surface area contributed by atoms with Crippen molar-refractivity contribution >= 4 is 43.6 Å². The number of hydrogen-bond donors (Lipinski definition) is 0.